The van der Waals surface area contributed by atoms with E-state index in [-0.39, 0.29) is 48.9 Å². The number of nitrogens with one attached hydrogen (secondary N) is 5. The molecule has 0 radical (unpaired) electrons. The first-order valence-electron chi connectivity index (χ1n) is 16.8. The van der Waals surface area contributed by atoms with Crippen molar-refractivity contribution in [3.8, 4) is 0 Å². The van der Waals surface area contributed by atoms with Crippen LogP contribution in [0.1, 0.15) is 123 Å². The Hall–Kier alpha value is -3.80. The zero-order valence-electron chi connectivity index (χ0n) is 29.6. The van der Waals surface area contributed by atoms with E-state index in [1.807, 2.05) is 48.5 Å². The zero-order chi connectivity index (χ0) is 35.8. The van der Waals surface area contributed by atoms with Crippen molar-refractivity contribution in [1.29, 1.82) is 0 Å². The molecule has 5 atom stereocenters. The second kappa shape index (κ2) is 22.0. The van der Waals surface area contributed by atoms with Gasteiger partial charge in [0.25, 0.3) is 5.91 Å². The molecule has 1 aromatic rings. The largest absolute Gasteiger partial charge is 0.390 e. The smallest absolute Gasteiger partial charge is 0.251 e. The number of carbonyl (C=O) groups excluding carboxylic acids is 6. The van der Waals surface area contributed by atoms with Crippen LogP contribution in [-0.4, -0.2) is 77.2 Å². The summed E-state index contributed by atoms with van der Waals surface area (Å²) in [6.07, 6.45) is -0.0511. The molecule has 0 aromatic heterocycles. The number of Topliss-reactive ketones (excluding diaryl/α,β-unsaturated/α-hetero) is 1. The molecule has 0 unspecified atom stereocenters. The van der Waals surface area contributed by atoms with Crippen LogP contribution in [0.4, 0.5) is 0 Å². The van der Waals surface area contributed by atoms with Gasteiger partial charge in [-0.05, 0) is 63.0 Å². The summed E-state index contributed by atoms with van der Waals surface area (Å²) in [7, 11) is 0. The molecule has 0 spiro atoms. The summed E-state index contributed by atoms with van der Waals surface area (Å²) >= 11 is 0. The SMILES string of the molecule is C.CCC[C@H](NC(=O)[C@H](CC(C)C)NC(=O)c1cccc(C(C)=O)c1)C(=O)N[C@@H](CC(C)C)[C@@H](O)CC(=O)N[C@H](C(=O)NCC)C(C)C. The van der Waals surface area contributed by atoms with Gasteiger partial charge in [0.2, 0.25) is 23.6 Å². The summed E-state index contributed by atoms with van der Waals surface area (Å²) < 4.78 is 0. The summed E-state index contributed by atoms with van der Waals surface area (Å²) in [4.78, 5) is 77.2. The Morgan fingerprint density at radius 3 is 1.85 bits per heavy atom. The highest BCUT2D eigenvalue weighted by Gasteiger charge is 2.32. The van der Waals surface area contributed by atoms with Crippen LogP contribution in [0.15, 0.2) is 24.3 Å². The van der Waals surface area contributed by atoms with Gasteiger partial charge in [-0.25, -0.2) is 0 Å². The van der Waals surface area contributed by atoms with Gasteiger partial charge in [-0.15, -0.1) is 0 Å². The first kappa shape index (κ1) is 44.2. The third-order valence-electron chi connectivity index (χ3n) is 7.60. The van der Waals surface area contributed by atoms with Gasteiger partial charge in [-0.3, -0.25) is 28.8 Å². The van der Waals surface area contributed by atoms with Crippen LogP contribution in [0.2, 0.25) is 0 Å². The third kappa shape index (κ3) is 15.4. The Balaban J connectivity index is 0.0000221. The highest BCUT2D eigenvalue weighted by molar-refractivity contribution is 6.01. The Morgan fingerprint density at radius 1 is 0.750 bits per heavy atom. The standard InChI is InChI=1S/C35H57N5O7.CH4/c1-10-13-26(37-34(46)28(17-21(5)6)39-32(44)25-15-12-14-24(18-25)23(9)41)33(45)38-27(16-20(3)4)29(42)19-30(43)40-31(22(7)8)35(47)36-11-2;/h12,14-15,18,20-22,26-29,31,42H,10-11,13,16-17,19H2,1-9H3,(H,36,47)(H,37,46)(H,38,45)(H,39,44)(H,40,43);1H4/t26-,27-,28-,29-,31-;/m0./s1. The minimum atomic E-state index is -1.25. The van der Waals surface area contributed by atoms with E-state index in [0.717, 1.165) is 0 Å². The summed E-state index contributed by atoms with van der Waals surface area (Å²) in [5.41, 5.74) is 0.613. The van der Waals surface area contributed by atoms with Crippen LogP contribution >= 0.6 is 0 Å². The van der Waals surface area contributed by atoms with Gasteiger partial charge >= 0.3 is 0 Å². The minimum absolute atomic E-state index is 0. The van der Waals surface area contributed by atoms with Crippen molar-refractivity contribution in [3.05, 3.63) is 35.4 Å². The van der Waals surface area contributed by atoms with Gasteiger partial charge in [-0.1, -0.05) is 74.4 Å². The van der Waals surface area contributed by atoms with Crippen molar-refractivity contribution in [1.82, 2.24) is 26.6 Å². The molecule has 0 bridgehead atoms. The molecule has 1 aromatic carbocycles. The van der Waals surface area contributed by atoms with Crippen LogP contribution in [0.5, 0.6) is 0 Å². The molecule has 0 fully saturated rings. The first-order chi connectivity index (χ1) is 22.0. The van der Waals surface area contributed by atoms with Crippen LogP contribution < -0.4 is 26.6 Å². The van der Waals surface area contributed by atoms with Crippen molar-refractivity contribution >= 4 is 35.3 Å². The summed E-state index contributed by atoms with van der Waals surface area (Å²) in [5, 5.41) is 24.9. The number of ketones is 1. The van der Waals surface area contributed by atoms with Gasteiger partial charge in [0.15, 0.2) is 5.78 Å². The summed E-state index contributed by atoms with van der Waals surface area (Å²) in [5.74, 6) is -2.68. The van der Waals surface area contributed by atoms with Gasteiger partial charge in [0, 0.05) is 17.7 Å². The lowest BCUT2D eigenvalue weighted by molar-refractivity contribution is -0.132. The molecule has 0 aliphatic rings. The normalized spacial score (nSPS) is 14.2. The van der Waals surface area contributed by atoms with E-state index in [4.69, 9.17) is 0 Å². The van der Waals surface area contributed by atoms with Crippen molar-refractivity contribution in [2.45, 2.75) is 132 Å². The van der Waals surface area contributed by atoms with Crippen molar-refractivity contribution in [2.24, 2.45) is 17.8 Å². The summed E-state index contributed by atoms with van der Waals surface area (Å²) in [6, 6.07) is 2.76. The number of aliphatic hydroxyl groups is 1. The van der Waals surface area contributed by atoms with Crippen LogP contribution in [0.25, 0.3) is 0 Å². The number of carbonyl (C=O) groups is 6. The van der Waals surface area contributed by atoms with Gasteiger partial charge in [0.1, 0.15) is 18.1 Å². The van der Waals surface area contributed by atoms with Crippen molar-refractivity contribution in [2.75, 3.05) is 6.54 Å². The average Bonchev–Trinajstić information content (AvgIpc) is 2.98. The molecule has 5 amide bonds. The number of aliphatic hydroxyl groups excluding tert-OH is 1. The minimum Gasteiger partial charge on any atom is -0.390 e. The van der Waals surface area contributed by atoms with E-state index in [0.29, 0.717) is 37.8 Å². The maximum absolute atomic E-state index is 13.6. The van der Waals surface area contributed by atoms with Gasteiger partial charge in [-0.2, -0.15) is 0 Å². The Labute approximate surface area is 287 Å². The zero-order valence-corrected chi connectivity index (χ0v) is 29.6. The number of amides is 5. The van der Waals surface area contributed by atoms with E-state index in [1.54, 1.807) is 25.1 Å². The first-order valence-corrected chi connectivity index (χ1v) is 16.8. The molecule has 48 heavy (non-hydrogen) atoms. The van der Waals surface area contributed by atoms with Gasteiger partial charge in [0.05, 0.1) is 18.6 Å². The van der Waals surface area contributed by atoms with Crippen molar-refractivity contribution < 1.29 is 33.9 Å². The molecule has 0 aliphatic heterocycles. The second-order valence-electron chi connectivity index (χ2n) is 13.3. The summed E-state index contributed by atoms with van der Waals surface area (Å²) in [6.45, 7) is 16.8. The fraction of sp³-hybridized carbons (Fsp3) is 0.667. The van der Waals surface area contributed by atoms with Crippen LogP contribution in [0.3, 0.4) is 0 Å². The molecule has 12 nitrogen and oxygen atoms in total. The molecule has 0 saturated heterocycles. The Bertz CT molecular complexity index is 1220. The molecular weight excluding hydrogens is 614 g/mol. The third-order valence-corrected chi connectivity index (χ3v) is 7.60. The monoisotopic (exact) mass is 675 g/mol. The fourth-order valence-electron chi connectivity index (χ4n) is 5.14. The number of likely N-dealkylation sites (N-methyl/N-ethyl adjacent to an activating group) is 1. The molecule has 1 rings (SSSR count). The van der Waals surface area contributed by atoms with E-state index in [9.17, 15) is 33.9 Å². The molecule has 0 aliphatic carbocycles. The fourth-order valence-corrected chi connectivity index (χ4v) is 5.14. The Morgan fingerprint density at radius 2 is 1.33 bits per heavy atom. The number of hydrogen-bond donors (Lipinski definition) is 6. The number of rotatable bonds is 20. The lowest BCUT2D eigenvalue weighted by atomic mass is 9.95. The predicted octanol–water partition coefficient (Wildman–Crippen LogP) is 3.51. The highest BCUT2D eigenvalue weighted by Crippen LogP contribution is 2.14. The molecular formula is C36H61N5O7. The maximum atomic E-state index is 13.6. The molecule has 12 heteroatoms. The lowest BCUT2D eigenvalue weighted by Gasteiger charge is -2.29. The quantitative estimate of drug-likeness (QED) is 0.114. The highest BCUT2D eigenvalue weighted by atomic mass is 16.3. The predicted molar refractivity (Wildman–Crippen MR) is 188 cm³/mol. The molecule has 0 heterocycles. The topological polar surface area (TPSA) is 183 Å². The maximum Gasteiger partial charge on any atom is 0.251 e. The second-order valence-corrected chi connectivity index (χ2v) is 13.3. The molecule has 6 N–H and O–H groups in total. The van der Waals surface area contributed by atoms with E-state index >= 15 is 0 Å². The average molecular weight is 676 g/mol. The van der Waals surface area contributed by atoms with E-state index in [2.05, 4.69) is 26.6 Å². The number of benzene rings is 1. The lowest BCUT2D eigenvalue weighted by Crippen LogP contribution is -2.57. The Kier molecular flexibility index (Phi) is 20.2. The van der Waals surface area contributed by atoms with Crippen molar-refractivity contribution in [3.63, 3.8) is 0 Å². The molecule has 272 valence electrons. The van der Waals surface area contributed by atoms with E-state index < -0.39 is 53.9 Å². The van der Waals surface area contributed by atoms with Gasteiger partial charge < -0.3 is 31.7 Å². The molecule has 0 saturated carbocycles. The van der Waals surface area contributed by atoms with Crippen LogP contribution in [0, 0.1) is 17.8 Å². The van der Waals surface area contributed by atoms with Crippen LogP contribution in [-0.2, 0) is 19.2 Å². The van der Waals surface area contributed by atoms with E-state index in [1.165, 1.54) is 13.0 Å². The number of hydrogen-bond acceptors (Lipinski definition) is 7.